The van der Waals surface area contributed by atoms with Gasteiger partial charge in [-0.15, -0.1) is 0 Å². The fraction of sp³-hybridized carbons (Fsp3) is 0.750. The van der Waals surface area contributed by atoms with Crippen molar-refractivity contribution in [1.82, 2.24) is 10.1 Å². The van der Waals surface area contributed by atoms with Crippen LogP contribution in [0.3, 0.4) is 0 Å². The van der Waals surface area contributed by atoms with E-state index < -0.39 is 5.60 Å². The zero-order valence-electron chi connectivity index (χ0n) is 14.1. The van der Waals surface area contributed by atoms with Crippen molar-refractivity contribution in [3.05, 3.63) is 17.5 Å². The maximum absolute atomic E-state index is 12.2. The van der Waals surface area contributed by atoms with Crippen molar-refractivity contribution in [3.8, 4) is 0 Å². The summed E-state index contributed by atoms with van der Waals surface area (Å²) in [5.74, 6) is 0.769. The lowest BCUT2D eigenvalue weighted by atomic mass is 10.00. The maximum Gasteiger partial charge on any atom is 0.410 e. The topological polar surface area (TPSA) is 64.8 Å². The van der Waals surface area contributed by atoms with Crippen LogP contribution in [0.2, 0.25) is 0 Å². The molecule has 1 aromatic rings. The van der Waals surface area contributed by atoms with Crippen LogP contribution in [-0.4, -0.2) is 40.4 Å². The molecule has 22 heavy (non-hydrogen) atoms. The molecule has 6 nitrogen and oxygen atoms in total. The largest absolute Gasteiger partial charge is 0.444 e. The number of ether oxygens (including phenoxy) is 2. The van der Waals surface area contributed by atoms with Gasteiger partial charge in [-0.05, 0) is 40.5 Å². The van der Waals surface area contributed by atoms with E-state index in [2.05, 4.69) is 12.1 Å². The molecule has 0 radical (unpaired) electrons. The Labute approximate surface area is 131 Å². The molecular weight excluding hydrogens is 284 g/mol. The third-order valence-corrected chi connectivity index (χ3v) is 3.82. The number of carbonyl (C=O) groups excluding carboxylic acids is 1. The van der Waals surface area contributed by atoms with Gasteiger partial charge in [0.25, 0.3) is 0 Å². The lowest BCUT2D eigenvalue weighted by Crippen LogP contribution is -2.40. The lowest BCUT2D eigenvalue weighted by Gasteiger charge is -2.29. The van der Waals surface area contributed by atoms with Crippen molar-refractivity contribution in [2.24, 2.45) is 0 Å². The number of amides is 1. The van der Waals surface area contributed by atoms with E-state index in [1.54, 1.807) is 4.90 Å². The minimum Gasteiger partial charge on any atom is -0.444 e. The summed E-state index contributed by atoms with van der Waals surface area (Å²) in [6.45, 7) is 11.1. The molecule has 1 unspecified atom stereocenters. The lowest BCUT2D eigenvalue weighted by molar-refractivity contribution is -0.0546. The first-order valence-electron chi connectivity index (χ1n) is 7.77. The number of hydrogen-bond donors (Lipinski definition) is 0. The second kappa shape index (κ2) is 6.28. The predicted molar refractivity (Wildman–Crippen MR) is 81.5 cm³/mol. The Morgan fingerprint density at radius 1 is 1.50 bits per heavy atom. The summed E-state index contributed by atoms with van der Waals surface area (Å²) >= 11 is 0. The first-order valence-corrected chi connectivity index (χ1v) is 7.77. The van der Waals surface area contributed by atoms with E-state index in [0.29, 0.717) is 19.7 Å². The SMILES string of the molecule is CCC1(OCc2cc(C)on2)CCN(C(=O)OC(C)(C)C)C1. The molecule has 0 aromatic carbocycles. The van der Waals surface area contributed by atoms with Gasteiger partial charge in [-0.25, -0.2) is 4.79 Å². The number of aryl methyl sites for hydroxylation is 1. The molecule has 124 valence electrons. The molecule has 1 amide bonds. The van der Waals surface area contributed by atoms with E-state index in [1.165, 1.54) is 0 Å². The molecule has 0 spiro atoms. The van der Waals surface area contributed by atoms with Crippen LogP contribution < -0.4 is 0 Å². The smallest absolute Gasteiger partial charge is 0.410 e. The Kier molecular flexibility index (Phi) is 4.80. The minimum absolute atomic E-state index is 0.274. The van der Waals surface area contributed by atoms with Crippen LogP contribution in [-0.2, 0) is 16.1 Å². The standard InChI is InChI=1S/C16H26N2O4/c1-6-16(20-10-13-9-12(2)22-17-13)7-8-18(11-16)14(19)21-15(3,4)5/h9H,6-8,10-11H2,1-5H3. The first kappa shape index (κ1) is 16.8. The van der Waals surface area contributed by atoms with E-state index in [-0.39, 0.29) is 11.7 Å². The summed E-state index contributed by atoms with van der Waals surface area (Å²) in [5.41, 5.74) is -0.0294. The third-order valence-electron chi connectivity index (χ3n) is 3.82. The second-order valence-electron chi connectivity index (χ2n) is 6.91. The van der Waals surface area contributed by atoms with Crippen molar-refractivity contribution in [3.63, 3.8) is 0 Å². The van der Waals surface area contributed by atoms with E-state index >= 15 is 0 Å². The van der Waals surface area contributed by atoms with Gasteiger partial charge >= 0.3 is 6.09 Å². The highest BCUT2D eigenvalue weighted by Crippen LogP contribution is 2.30. The Morgan fingerprint density at radius 2 is 2.23 bits per heavy atom. The normalized spacial score (nSPS) is 22.1. The van der Waals surface area contributed by atoms with E-state index in [9.17, 15) is 4.79 Å². The van der Waals surface area contributed by atoms with Crippen molar-refractivity contribution in [2.75, 3.05) is 13.1 Å². The molecule has 1 saturated heterocycles. The van der Waals surface area contributed by atoms with Gasteiger partial charge < -0.3 is 18.9 Å². The summed E-state index contributed by atoms with van der Waals surface area (Å²) in [6, 6.07) is 1.87. The monoisotopic (exact) mass is 310 g/mol. The van der Waals surface area contributed by atoms with Crippen LogP contribution in [0, 0.1) is 6.92 Å². The molecule has 0 aliphatic carbocycles. The number of rotatable bonds is 4. The molecule has 1 aliphatic heterocycles. The summed E-state index contributed by atoms with van der Waals surface area (Å²) in [7, 11) is 0. The van der Waals surface area contributed by atoms with Crippen molar-refractivity contribution in [2.45, 2.75) is 65.3 Å². The average Bonchev–Trinajstić information content (AvgIpc) is 3.02. The first-order chi connectivity index (χ1) is 10.2. The summed E-state index contributed by atoms with van der Waals surface area (Å²) < 4.78 is 16.6. The summed E-state index contributed by atoms with van der Waals surface area (Å²) in [5, 5.41) is 3.94. The molecule has 0 saturated carbocycles. The highest BCUT2D eigenvalue weighted by molar-refractivity contribution is 5.68. The van der Waals surface area contributed by atoms with Gasteiger partial charge in [-0.2, -0.15) is 0 Å². The number of nitrogens with zero attached hydrogens (tertiary/aromatic N) is 2. The molecule has 2 rings (SSSR count). The molecule has 2 heterocycles. The second-order valence-corrected chi connectivity index (χ2v) is 6.91. The van der Waals surface area contributed by atoms with E-state index in [4.69, 9.17) is 14.0 Å². The number of hydrogen-bond acceptors (Lipinski definition) is 5. The van der Waals surface area contributed by atoms with Crippen LogP contribution in [0.4, 0.5) is 4.79 Å². The molecule has 6 heteroatoms. The van der Waals surface area contributed by atoms with Gasteiger partial charge in [-0.3, -0.25) is 0 Å². The van der Waals surface area contributed by atoms with Crippen molar-refractivity contribution < 1.29 is 18.8 Å². The quantitative estimate of drug-likeness (QED) is 0.854. The highest BCUT2D eigenvalue weighted by atomic mass is 16.6. The Morgan fingerprint density at radius 3 is 2.77 bits per heavy atom. The molecular formula is C16H26N2O4. The van der Waals surface area contributed by atoms with Crippen LogP contribution in [0.5, 0.6) is 0 Å². The van der Waals surface area contributed by atoms with Gasteiger partial charge in [0, 0.05) is 12.6 Å². The molecule has 1 aliphatic rings. The number of carbonyl (C=O) groups is 1. The summed E-state index contributed by atoms with van der Waals surface area (Å²) in [6.07, 6.45) is 1.37. The number of aromatic nitrogens is 1. The zero-order chi connectivity index (χ0) is 16.4. The molecule has 1 atom stereocenters. The van der Waals surface area contributed by atoms with Crippen LogP contribution >= 0.6 is 0 Å². The van der Waals surface area contributed by atoms with E-state index in [0.717, 1.165) is 24.3 Å². The van der Waals surface area contributed by atoms with E-state index in [1.807, 2.05) is 33.8 Å². The fourth-order valence-electron chi connectivity index (χ4n) is 2.55. The highest BCUT2D eigenvalue weighted by Gasteiger charge is 2.41. The van der Waals surface area contributed by atoms with Gasteiger partial charge in [0.05, 0.1) is 18.8 Å². The molecule has 1 fully saturated rings. The summed E-state index contributed by atoms with van der Waals surface area (Å²) in [4.78, 5) is 13.9. The van der Waals surface area contributed by atoms with Gasteiger partial charge in [0.15, 0.2) is 0 Å². The average molecular weight is 310 g/mol. The molecule has 1 aromatic heterocycles. The Hall–Kier alpha value is -1.56. The van der Waals surface area contributed by atoms with Gasteiger partial charge in [0.2, 0.25) is 0 Å². The fourth-order valence-corrected chi connectivity index (χ4v) is 2.55. The molecule has 0 bridgehead atoms. The minimum atomic E-state index is -0.479. The predicted octanol–water partition coefficient (Wildman–Crippen LogP) is 3.29. The van der Waals surface area contributed by atoms with Crippen molar-refractivity contribution in [1.29, 1.82) is 0 Å². The Balaban J connectivity index is 1.93. The zero-order valence-corrected chi connectivity index (χ0v) is 14.1. The molecule has 0 N–H and O–H groups in total. The van der Waals surface area contributed by atoms with Crippen LogP contribution in [0.15, 0.2) is 10.6 Å². The van der Waals surface area contributed by atoms with Gasteiger partial charge in [-0.1, -0.05) is 12.1 Å². The number of likely N-dealkylation sites (tertiary alicyclic amines) is 1. The van der Waals surface area contributed by atoms with Gasteiger partial charge in [0.1, 0.15) is 17.1 Å². The maximum atomic E-state index is 12.2. The third kappa shape index (κ3) is 4.22. The van der Waals surface area contributed by atoms with Crippen molar-refractivity contribution >= 4 is 6.09 Å². The van der Waals surface area contributed by atoms with Crippen LogP contribution in [0.25, 0.3) is 0 Å². The van der Waals surface area contributed by atoms with Crippen LogP contribution in [0.1, 0.15) is 52.0 Å². The Bertz CT molecular complexity index is 520.